The molecule has 0 aliphatic carbocycles. The Morgan fingerprint density at radius 3 is 2.76 bits per heavy atom. The van der Waals surface area contributed by atoms with Gasteiger partial charge in [-0.1, -0.05) is 5.16 Å². The van der Waals surface area contributed by atoms with Crippen molar-refractivity contribution in [3.63, 3.8) is 0 Å². The summed E-state index contributed by atoms with van der Waals surface area (Å²) in [5.41, 5.74) is 1.76. The van der Waals surface area contributed by atoms with Crippen LogP contribution in [0.1, 0.15) is 17.2 Å². The minimum atomic E-state index is -3.65. The van der Waals surface area contributed by atoms with Gasteiger partial charge in [0.05, 0.1) is 17.0 Å². The summed E-state index contributed by atoms with van der Waals surface area (Å²) in [6, 6.07) is 3.58. The average Bonchev–Trinajstić information content (AvgIpc) is 3.13. The standard InChI is InChI=1S/C15H18N6O3S/c1-10-14(11(2)21(3)19-10)25(22,23)17-8-6-13-18-15(24-20-13)12-5-4-7-16-9-12/h4-5,7,9,17H,6,8H2,1-3H3. The van der Waals surface area contributed by atoms with Crippen molar-refractivity contribution in [2.75, 3.05) is 6.54 Å². The Labute approximate surface area is 145 Å². The predicted molar refractivity (Wildman–Crippen MR) is 89.1 cm³/mol. The summed E-state index contributed by atoms with van der Waals surface area (Å²) in [7, 11) is -1.94. The highest BCUT2D eigenvalue weighted by molar-refractivity contribution is 7.89. The number of hydrogen-bond donors (Lipinski definition) is 1. The van der Waals surface area contributed by atoms with E-state index < -0.39 is 10.0 Å². The van der Waals surface area contributed by atoms with Gasteiger partial charge in [-0.05, 0) is 26.0 Å². The van der Waals surface area contributed by atoms with Crippen LogP contribution >= 0.6 is 0 Å². The van der Waals surface area contributed by atoms with E-state index in [2.05, 4.69) is 24.9 Å². The Balaban J connectivity index is 1.66. The molecule has 0 atom stereocenters. The number of aryl methyl sites for hydroxylation is 2. The van der Waals surface area contributed by atoms with E-state index in [1.807, 2.05) is 0 Å². The molecule has 3 aromatic rings. The second-order valence-electron chi connectivity index (χ2n) is 5.53. The third-order valence-electron chi connectivity index (χ3n) is 3.73. The van der Waals surface area contributed by atoms with Crippen molar-refractivity contribution in [1.82, 2.24) is 29.6 Å². The molecule has 9 nitrogen and oxygen atoms in total. The molecule has 10 heteroatoms. The third kappa shape index (κ3) is 3.59. The Morgan fingerprint density at radius 2 is 2.12 bits per heavy atom. The predicted octanol–water partition coefficient (Wildman–Crippen LogP) is 1.00. The number of pyridine rings is 1. The van der Waals surface area contributed by atoms with Crippen LogP contribution in [0.5, 0.6) is 0 Å². The summed E-state index contributed by atoms with van der Waals surface area (Å²) in [5, 5.41) is 7.99. The minimum absolute atomic E-state index is 0.155. The van der Waals surface area contributed by atoms with Gasteiger partial charge in [0, 0.05) is 32.4 Å². The lowest BCUT2D eigenvalue weighted by molar-refractivity contribution is 0.422. The van der Waals surface area contributed by atoms with E-state index in [9.17, 15) is 8.42 Å². The van der Waals surface area contributed by atoms with E-state index in [1.165, 1.54) is 0 Å². The summed E-state index contributed by atoms with van der Waals surface area (Å²) in [6.45, 7) is 3.54. The molecule has 0 unspecified atom stereocenters. The van der Waals surface area contributed by atoms with Crippen LogP contribution < -0.4 is 4.72 Å². The average molecular weight is 362 g/mol. The number of nitrogens with zero attached hydrogens (tertiary/aromatic N) is 5. The Morgan fingerprint density at radius 1 is 1.32 bits per heavy atom. The van der Waals surface area contributed by atoms with Crippen LogP contribution in [0.25, 0.3) is 11.5 Å². The third-order valence-corrected chi connectivity index (χ3v) is 5.44. The number of nitrogens with one attached hydrogen (secondary N) is 1. The van der Waals surface area contributed by atoms with Gasteiger partial charge >= 0.3 is 0 Å². The quantitative estimate of drug-likeness (QED) is 0.695. The van der Waals surface area contributed by atoms with Crippen molar-refractivity contribution in [3.05, 3.63) is 41.7 Å². The fraction of sp³-hybridized carbons (Fsp3) is 0.333. The highest BCUT2D eigenvalue weighted by atomic mass is 32.2. The summed E-state index contributed by atoms with van der Waals surface area (Å²) >= 11 is 0. The molecule has 25 heavy (non-hydrogen) atoms. The van der Waals surface area contributed by atoms with E-state index >= 15 is 0 Å². The minimum Gasteiger partial charge on any atom is -0.334 e. The molecule has 1 N–H and O–H groups in total. The summed E-state index contributed by atoms with van der Waals surface area (Å²) in [4.78, 5) is 8.44. The van der Waals surface area contributed by atoms with Crippen LogP contribution in [-0.4, -0.2) is 39.9 Å². The van der Waals surface area contributed by atoms with Crippen molar-refractivity contribution >= 4 is 10.0 Å². The first-order chi connectivity index (χ1) is 11.9. The van der Waals surface area contributed by atoms with Gasteiger partial charge in [-0.3, -0.25) is 9.67 Å². The maximum absolute atomic E-state index is 12.5. The molecule has 0 aliphatic heterocycles. The first-order valence-corrected chi connectivity index (χ1v) is 9.09. The molecule has 132 valence electrons. The zero-order valence-electron chi connectivity index (χ0n) is 14.1. The Kier molecular flexibility index (Phi) is 4.64. The topological polar surface area (TPSA) is 116 Å². The lowest BCUT2D eigenvalue weighted by Gasteiger charge is -2.05. The maximum Gasteiger partial charge on any atom is 0.259 e. The Bertz CT molecular complexity index is 978. The zero-order chi connectivity index (χ0) is 18.0. The van der Waals surface area contributed by atoms with Crippen molar-refractivity contribution in [2.24, 2.45) is 7.05 Å². The molecule has 0 saturated heterocycles. The van der Waals surface area contributed by atoms with E-state index in [0.717, 1.165) is 0 Å². The molecule has 0 saturated carbocycles. The lowest BCUT2D eigenvalue weighted by atomic mass is 10.3. The SMILES string of the molecule is Cc1nn(C)c(C)c1S(=O)(=O)NCCc1noc(-c2cccnc2)n1. The first kappa shape index (κ1) is 17.2. The smallest absolute Gasteiger partial charge is 0.259 e. The molecule has 0 aliphatic rings. The maximum atomic E-state index is 12.5. The molecular weight excluding hydrogens is 344 g/mol. The highest BCUT2D eigenvalue weighted by Gasteiger charge is 2.23. The number of sulfonamides is 1. The monoisotopic (exact) mass is 362 g/mol. The second-order valence-corrected chi connectivity index (χ2v) is 7.23. The van der Waals surface area contributed by atoms with Gasteiger partial charge in [0.15, 0.2) is 5.82 Å². The number of hydrogen-bond acceptors (Lipinski definition) is 7. The number of aromatic nitrogens is 5. The van der Waals surface area contributed by atoms with Gasteiger partial charge in [-0.15, -0.1) is 0 Å². The molecule has 3 aromatic heterocycles. The van der Waals surface area contributed by atoms with Gasteiger partial charge in [-0.2, -0.15) is 10.1 Å². The van der Waals surface area contributed by atoms with Gasteiger partial charge < -0.3 is 4.52 Å². The van der Waals surface area contributed by atoms with E-state index in [-0.39, 0.29) is 11.4 Å². The molecule has 0 bridgehead atoms. The second kappa shape index (κ2) is 6.73. The van der Waals surface area contributed by atoms with Gasteiger partial charge in [0.1, 0.15) is 4.90 Å². The summed E-state index contributed by atoms with van der Waals surface area (Å²) < 4.78 is 34.2. The van der Waals surface area contributed by atoms with Crippen LogP contribution in [0.3, 0.4) is 0 Å². The van der Waals surface area contributed by atoms with Crippen LogP contribution in [-0.2, 0) is 23.5 Å². The molecular formula is C15H18N6O3S. The van der Waals surface area contributed by atoms with Crippen LogP contribution in [0.15, 0.2) is 33.9 Å². The highest BCUT2D eigenvalue weighted by Crippen LogP contribution is 2.18. The molecule has 3 heterocycles. The molecule has 0 amide bonds. The lowest BCUT2D eigenvalue weighted by Crippen LogP contribution is -2.27. The number of rotatable bonds is 6. The van der Waals surface area contributed by atoms with Gasteiger partial charge in [-0.25, -0.2) is 13.1 Å². The van der Waals surface area contributed by atoms with E-state index in [0.29, 0.717) is 35.1 Å². The largest absolute Gasteiger partial charge is 0.334 e. The van der Waals surface area contributed by atoms with Crippen molar-refractivity contribution < 1.29 is 12.9 Å². The summed E-state index contributed by atoms with van der Waals surface area (Å²) in [5.74, 6) is 0.770. The fourth-order valence-electron chi connectivity index (χ4n) is 2.47. The summed E-state index contributed by atoms with van der Waals surface area (Å²) in [6.07, 6.45) is 3.58. The molecule has 0 spiro atoms. The first-order valence-electron chi connectivity index (χ1n) is 7.61. The van der Waals surface area contributed by atoms with Crippen LogP contribution in [0.4, 0.5) is 0 Å². The van der Waals surface area contributed by atoms with Crippen molar-refractivity contribution in [3.8, 4) is 11.5 Å². The van der Waals surface area contributed by atoms with Crippen molar-refractivity contribution in [2.45, 2.75) is 25.2 Å². The molecule has 0 radical (unpaired) electrons. The normalized spacial score (nSPS) is 11.8. The van der Waals surface area contributed by atoms with Gasteiger partial charge in [0.2, 0.25) is 10.0 Å². The fourth-order valence-corrected chi connectivity index (χ4v) is 3.94. The Hall–Kier alpha value is -2.59. The van der Waals surface area contributed by atoms with E-state index in [4.69, 9.17) is 4.52 Å². The molecule has 0 fully saturated rings. The van der Waals surface area contributed by atoms with Crippen molar-refractivity contribution in [1.29, 1.82) is 0 Å². The van der Waals surface area contributed by atoms with Gasteiger partial charge in [0.25, 0.3) is 5.89 Å². The van der Waals surface area contributed by atoms with Crippen LogP contribution in [0, 0.1) is 13.8 Å². The van der Waals surface area contributed by atoms with Crippen LogP contribution in [0.2, 0.25) is 0 Å². The zero-order valence-corrected chi connectivity index (χ0v) is 14.9. The molecule has 0 aromatic carbocycles. The molecule has 3 rings (SSSR count). The van der Waals surface area contributed by atoms with E-state index in [1.54, 1.807) is 50.1 Å².